The highest BCUT2D eigenvalue weighted by molar-refractivity contribution is 5.85. The molecular formula is C18H23FN2O2. The van der Waals surface area contributed by atoms with Gasteiger partial charge in [0, 0.05) is 24.2 Å². The van der Waals surface area contributed by atoms with Crippen LogP contribution >= 0.6 is 0 Å². The first-order chi connectivity index (χ1) is 11.1. The lowest BCUT2D eigenvalue weighted by atomic mass is 9.86. The number of fused-ring (bicyclic) bond motifs is 1. The molecule has 2 aliphatic heterocycles. The summed E-state index contributed by atoms with van der Waals surface area (Å²) in [7, 11) is 0. The van der Waals surface area contributed by atoms with E-state index in [-0.39, 0.29) is 28.9 Å². The fraction of sp³-hybridized carbons (Fsp3) is 0.611. The fourth-order valence-corrected chi connectivity index (χ4v) is 4.09. The molecule has 3 aliphatic rings. The van der Waals surface area contributed by atoms with E-state index >= 15 is 0 Å². The molecule has 23 heavy (non-hydrogen) atoms. The fourth-order valence-electron chi connectivity index (χ4n) is 4.09. The second-order valence-corrected chi connectivity index (χ2v) is 7.18. The molecule has 1 aliphatic carbocycles. The van der Waals surface area contributed by atoms with E-state index in [1.165, 1.54) is 6.07 Å². The molecule has 0 bridgehead atoms. The average molecular weight is 318 g/mol. The summed E-state index contributed by atoms with van der Waals surface area (Å²) < 4.78 is 19.3. The molecule has 124 valence electrons. The van der Waals surface area contributed by atoms with Gasteiger partial charge in [-0.05, 0) is 44.1 Å². The van der Waals surface area contributed by atoms with Gasteiger partial charge in [0.1, 0.15) is 0 Å². The summed E-state index contributed by atoms with van der Waals surface area (Å²) in [6.45, 7) is 1.93. The van der Waals surface area contributed by atoms with Crippen molar-refractivity contribution in [3.63, 3.8) is 0 Å². The molecule has 1 aromatic carbocycles. The zero-order chi connectivity index (χ0) is 16.0. The third-order valence-electron chi connectivity index (χ3n) is 5.77. The Morgan fingerprint density at radius 1 is 1.26 bits per heavy atom. The van der Waals surface area contributed by atoms with Gasteiger partial charge in [0.2, 0.25) is 5.91 Å². The van der Waals surface area contributed by atoms with Crippen LogP contribution in [0.3, 0.4) is 0 Å². The zero-order valence-corrected chi connectivity index (χ0v) is 13.3. The molecule has 0 spiro atoms. The molecule has 1 saturated heterocycles. The quantitative estimate of drug-likeness (QED) is 0.911. The summed E-state index contributed by atoms with van der Waals surface area (Å²) in [6.07, 6.45) is 4.84. The number of ether oxygens (including phenoxy) is 1. The molecule has 2 N–H and O–H groups in total. The molecule has 0 radical (unpaired) electrons. The first-order valence-electron chi connectivity index (χ1n) is 8.57. The number of likely N-dealkylation sites (tertiary alicyclic amines) is 1. The van der Waals surface area contributed by atoms with Crippen LogP contribution in [-0.2, 0) is 4.79 Å². The third-order valence-corrected chi connectivity index (χ3v) is 5.77. The van der Waals surface area contributed by atoms with E-state index in [0.29, 0.717) is 24.5 Å². The van der Waals surface area contributed by atoms with Crippen molar-refractivity contribution >= 4 is 5.91 Å². The molecule has 5 heteroatoms. The van der Waals surface area contributed by atoms with Gasteiger partial charge < -0.3 is 15.4 Å². The molecular weight excluding hydrogens is 295 g/mol. The zero-order valence-electron chi connectivity index (χ0n) is 13.3. The van der Waals surface area contributed by atoms with Crippen LogP contribution in [0.5, 0.6) is 5.75 Å². The van der Waals surface area contributed by atoms with Crippen molar-refractivity contribution in [3.05, 3.63) is 29.6 Å². The monoisotopic (exact) mass is 318 g/mol. The number of rotatable bonds is 2. The number of halogens is 1. The first-order valence-corrected chi connectivity index (χ1v) is 8.57. The van der Waals surface area contributed by atoms with Crippen molar-refractivity contribution in [3.8, 4) is 5.75 Å². The summed E-state index contributed by atoms with van der Waals surface area (Å²) in [5.74, 6) is 0.258. The van der Waals surface area contributed by atoms with Crippen LogP contribution in [0.2, 0.25) is 0 Å². The van der Waals surface area contributed by atoms with Gasteiger partial charge in [-0.25, -0.2) is 4.39 Å². The van der Waals surface area contributed by atoms with Gasteiger partial charge in [0.15, 0.2) is 11.6 Å². The van der Waals surface area contributed by atoms with Gasteiger partial charge in [0.25, 0.3) is 0 Å². The summed E-state index contributed by atoms with van der Waals surface area (Å²) in [4.78, 5) is 14.9. The Morgan fingerprint density at radius 2 is 2.00 bits per heavy atom. The number of amides is 1. The number of hydrogen-bond donors (Lipinski definition) is 1. The number of benzene rings is 1. The van der Waals surface area contributed by atoms with Crippen LogP contribution in [0.15, 0.2) is 18.2 Å². The third kappa shape index (κ3) is 2.61. The van der Waals surface area contributed by atoms with Gasteiger partial charge in [0.05, 0.1) is 12.5 Å². The summed E-state index contributed by atoms with van der Waals surface area (Å²) in [5.41, 5.74) is 7.04. The lowest BCUT2D eigenvalue weighted by molar-refractivity contribution is -0.135. The molecule has 1 aromatic rings. The second-order valence-electron chi connectivity index (χ2n) is 7.18. The molecule has 4 nitrogen and oxygen atoms in total. The minimum atomic E-state index is -0.377. The van der Waals surface area contributed by atoms with E-state index in [9.17, 15) is 9.18 Å². The predicted molar refractivity (Wildman–Crippen MR) is 84.7 cm³/mol. The maximum atomic E-state index is 13.9. The van der Waals surface area contributed by atoms with Crippen molar-refractivity contribution in [1.82, 2.24) is 4.90 Å². The lowest BCUT2D eigenvalue weighted by Crippen LogP contribution is -2.46. The number of hydrogen-bond acceptors (Lipinski definition) is 3. The molecule has 1 amide bonds. The van der Waals surface area contributed by atoms with Crippen LogP contribution in [-0.4, -0.2) is 36.0 Å². The normalized spacial score (nSPS) is 26.3. The lowest BCUT2D eigenvalue weighted by Gasteiger charge is -2.37. The summed E-state index contributed by atoms with van der Waals surface area (Å²) in [6, 6.07) is 4.85. The summed E-state index contributed by atoms with van der Waals surface area (Å²) >= 11 is 0. The Balaban J connectivity index is 1.47. The van der Waals surface area contributed by atoms with E-state index in [2.05, 4.69) is 0 Å². The Morgan fingerprint density at radius 3 is 2.70 bits per heavy atom. The molecule has 1 saturated carbocycles. The summed E-state index contributed by atoms with van der Waals surface area (Å²) in [5, 5.41) is 0. The number of carbonyl (C=O) groups excluding carboxylic acids is 1. The minimum Gasteiger partial charge on any atom is -0.490 e. The minimum absolute atomic E-state index is 0.0452. The number of piperidine rings is 1. The van der Waals surface area contributed by atoms with Crippen LogP contribution in [0.4, 0.5) is 4.39 Å². The Kier molecular flexibility index (Phi) is 3.56. The van der Waals surface area contributed by atoms with E-state index in [1.54, 1.807) is 6.07 Å². The van der Waals surface area contributed by atoms with Gasteiger partial charge in [-0.1, -0.05) is 12.1 Å². The van der Waals surface area contributed by atoms with Crippen molar-refractivity contribution in [2.24, 2.45) is 11.7 Å². The van der Waals surface area contributed by atoms with Crippen LogP contribution < -0.4 is 10.5 Å². The highest BCUT2D eigenvalue weighted by atomic mass is 19.1. The molecule has 0 aromatic heterocycles. The predicted octanol–water partition coefficient (Wildman–Crippen LogP) is 2.42. The number of nitrogens with zero attached hydrogens (tertiary/aromatic N) is 1. The van der Waals surface area contributed by atoms with Crippen molar-refractivity contribution in [2.45, 2.75) is 43.6 Å². The molecule has 1 atom stereocenters. The Hall–Kier alpha value is -1.62. The second kappa shape index (κ2) is 5.48. The molecule has 4 rings (SSSR count). The van der Waals surface area contributed by atoms with Gasteiger partial charge in [-0.2, -0.15) is 0 Å². The topological polar surface area (TPSA) is 55.6 Å². The smallest absolute Gasteiger partial charge is 0.230 e. The molecule has 2 heterocycles. The van der Waals surface area contributed by atoms with E-state index in [4.69, 9.17) is 10.5 Å². The Bertz CT molecular complexity index is 621. The van der Waals surface area contributed by atoms with Crippen LogP contribution in [0, 0.1) is 11.7 Å². The molecule has 2 fully saturated rings. The van der Waals surface area contributed by atoms with Gasteiger partial charge in [-0.15, -0.1) is 0 Å². The van der Waals surface area contributed by atoms with Gasteiger partial charge >= 0.3 is 0 Å². The van der Waals surface area contributed by atoms with Crippen LogP contribution in [0.25, 0.3) is 0 Å². The Labute approximate surface area is 135 Å². The standard InChI is InChI=1S/C18H23FN2O2/c19-15-3-1-2-13-14(6-11-23-16(13)15)17(22)21-9-4-12(5-10-21)18(20)7-8-18/h1-3,12,14H,4-11,20H2/t14-/m1/s1. The van der Waals surface area contributed by atoms with E-state index in [1.807, 2.05) is 11.0 Å². The maximum absolute atomic E-state index is 13.9. The highest BCUT2D eigenvalue weighted by Gasteiger charge is 2.47. The first kappa shape index (κ1) is 14.9. The molecule has 0 unspecified atom stereocenters. The van der Waals surface area contributed by atoms with Crippen LogP contribution in [0.1, 0.15) is 43.6 Å². The average Bonchev–Trinajstić information content (AvgIpc) is 3.33. The van der Waals surface area contributed by atoms with Crippen molar-refractivity contribution < 1.29 is 13.9 Å². The SMILES string of the molecule is NC1(C2CCN(C(=O)[C@@H]3CCOc4c(F)cccc43)CC2)CC1. The maximum Gasteiger partial charge on any atom is 0.230 e. The highest BCUT2D eigenvalue weighted by Crippen LogP contribution is 2.44. The number of nitrogens with two attached hydrogens (primary N) is 1. The van der Waals surface area contributed by atoms with Gasteiger partial charge in [-0.3, -0.25) is 4.79 Å². The van der Waals surface area contributed by atoms with E-state index < -0.39 is 0 Å². The number of carbonyl (C=O) groups is 1. The van der Waals surface area contributed by atoms with Crippen molar-refractivity contribution in [2.75, 3.05) is 19.7 Å². The van der Waals surface area contributed by atoms with E-state index in [0.717, 1.165) is 38.8 Å². The van der Waals surface area contributed by atoms with Crippen molar-refractivity contribution in [1.29, 1.82) is 0 Å². The largest absolute Gasteiger partial charge is 0.490 e. The number of para-hydroxylation sites is 1.